The zero-order valence-corrected chi connectivity index (χ0v) is 17.7. The predicted molar refractivity (Wildman–Crippen MR) is 113 cm³/mol. The van der Waals surface area contributed by atoms with Crippen molar-refractivity contribution in [3.05, 3.63) is 48.6 Å². The van der Waals surface area contributed by atoms with Gasteiger partial charge in [-0.2, -0.15) is 0 Å². The van der Waals surface area contributed by atoms with Crippen LogP contribution in [0.15, 0.2) is 34.2 Å². The van der Waals surface area contributed by atoms with Crippen molar-refractivity contribution in [1.29, 1.82) is 0 Å². The third-order valence-electron chi connectivity index (χ3n) is 3.85. The lowest BCUT2D eigenvalue weighted by molar-refractivity contribution is -0.113. The Bertz CT molecular complexity index is 1030. The number of amides is 1. The first-order valence-corrected chi connectivity index (χ1v) is 10.4. The summed E-state index contributed by atoms with van der Waals surface area (Å²) in [4.78, 5) is 31.2. The summed E-state index contributed by atoms with van der Waals surface area (Å²) in [5.74, 6) is 0.0714. The van der Waals surface area contributed by atoms with E-state index in [1.54, 1.807) is 7.05 Å². The molecule has 1 amide bonds. The van der Waals surface area contributed by atoms with Crippen LogP contribution in [0.2, 0.25) is 0 Å². The van der Waals surface area contributed by atoms with E-state index in [-0.39, 0.29) is 17.2 Å². The summed E-state index contributed by atoms with van der Waals surface area (Å²) in [6.07, 6.45) is 0. The summed E-state index contributed by atoms with van der Waals surface area (Å²) >= 11 is 4.96. The van der Waals surface area contributed by atoms with Gasteiger partial charge in [-0.15, -0.1) is 11.3 Å². The molecule has 1 N–H and O–H groups in total. The minimum Gasteiger partial charge on any atom is -0.324 e. The number of carbonyl (C=O) groups excluding carboxylic acids is 1. The second kappa shape index (κ2) is 7.46. The summed E-state index contributed by atoms with van der Waals surface area (Å²) in [7, 11) is 1.70. The third kappa shape index (κ3) is 3.75. The lowest BCUT2D eigenvalue weighted by Crippen LogP contribution is -2.21. The summed E-state index contributed by atoms with van der Waals surface area (Å²) in [5, 5.41) is 4.12. The van der Waals surface area contributed by atoms with E-state index in [2.05, 4.69) is 32.9 Å². The molecule has 5 nitrogen and oxygen atoms in total. The Morgan fingerprint density at radius 3 is 2.80 bits per heavy atom. The number of rotatable bonds is 4. The van der Waals surface area contributed by atoms with E-state index in [9.17, 15) is 9.59 Å². The van der Waals surface area contributed by atoms with Crippen LogP contribution in [0.4, 0.5) is 5.69 Å². The van der Waals surface area contributed by atoms with Gasteiger partial charge >= 0.3 is 0 Å². The molecule has 25 heavy (non-hydrogen) atoms. The molecule has 0 saturated carbocycles. The highest BCUT2D eigenvalue weighted by Crippen LogP contribution is 2.28. The lowest BCUT2D eigenvalue weighted by Gasteiger charge is -2.09. The Kier molecular flexibility index (Phi) is 5.49. The van der Waals surface area contributed by atoms with Crippen molar-refractivity contribution in [2.45, 2.75) is 19.0 Å². The number of halogens is 1. The maximum absolute atomic E-state index is 12.6. The number of hydrogen-bond acceptors (Lipinski definition) is 5. The highest BCUT2D eigenvalue weighted by molar-refractivity contribution is 14.1. The minimum atomic E-state index is -0.123. The summed E-state index contributed by atoms with van der Waals surface area (Å²) in [6, 6.07) is 7.60. The molecule has 0 saturated heterocycles. The van der Waals surface area contributed by atoms with E-state index in [4.69, 9.17) is 0 Å². The number of nitrogens with one attached hydrogen (secondary N) is 1. The molecule has 3 rings (SSSR count). The van der Waals surface area contributed by atoms with Crippen LogP contribution in [0.1, 0.15) is 10.4 Å². The predicted octanol–water partition coefficient (Wildman–Crippen LogP) is 3.95. The van der Waals surface area contributed by atoms with Gasteiger partial charge in [-0.3, -0.25) is 14.2 Å². The maximum atomic E-state index is 12.6. The zero-order chi connectivity index (χ0) is 18.1. The van der Waals surface area contributed by atoms with Gasteiger partial charge < -0.3 is 5.32 Å². The number of aromatic nitrogens is 2. The number of anilines is 1. The zero-order valence-electron chi connectivity index (χ0n) is 13.9. The monoisotopic (exact) mass is 485 g/mol. The molecule has 2 aromatic heterocycles. The topological polar surface area (TPSA) is 64.0 Å². The first-order chi connectivity index (χ1) is 11.9. The highest BCUT2D eigenvalue weighted by atomic mass is 127. The first-order valence-electron chi connectivity index (χ1n) is 7.52. The van der Waals surface area contributed by atoms with Crippen LogP contribution in [0.3, 0.4) is 0 Å². The second-order valence-corrected chi connectivity index (χ2v) is 8.85. The maximum Gasteiger partial charge on any atom is 0.262 e. The molecule has 130 valence electrons. The van der Waals surface area contributed by atoms with Gasteiger partial charge in [0.1, 0.15) is 4.83 Å². The Hall–Kier alpha value is -1.39. The number of fused-ring (bicyclic) bond motifs is 1. The fraction of sp³-hybridized carbons (Fsp3) is 0.235. The molecule has 0 spiro atoms. The summed E-state index contributed by atoms with van der Waals surface area (Å²) in [6.45, 7) is 3.93. The molecule has 8 heteroatoms. The standard InChI is InChI=1S/C17H16IN3O2S2/c1-9-10(2)25-15-14(9)16(23)21(3)17(20-15)24-8-13(22)19-12-7-5-4-6-11(12)18/h4-7H,8H2,1-3H3,(H,19,22). The van der Waals surface area contributed by atoms with Gasteiger partial charge in [0.05, 0.1) is 16.8 Å². The molecule has 2 heterocycles. The van der Waals surface area contributed by atoms with Gasteiger partial charge in [0, 0.05) is 15.5 Å². The summed E-state index contributed by atoms with van der Waals surface area (Å²) in [5.41, 5.74) is 1.71. The average molecular weight is 485 g/mol. The molecule has 0 aliphatic rings. The molecule has 0 atom stereocenters. The van der Waals surface area contributed by atoms with Crippen LogP contribution in [0.5, 0.6) is 0 Å². The molecular formula is C17H16IN3O2S2. The Balaban J connectivity index is 1.79. The number of para-hydroxylation sites is 1. The number of carbonyl (C=O) groups is 1. The van der Waals surface area contributed by atoms with E-state index >= 15 is 0 Å². The smallest absolute Gasteiger partial charge is 0.262 e. The van der Waals surface area contributed by atoms with Crippen molar-refractivity contribution in [3.8, 4) is 0 Å². The first kappa shape index (κ1) is 18.4. The van der Waals surface area contributed by atoms with E-state index < -0.39 is 0 Å². The van der Waals surface area contributed by atoms with Crippen molar-refractivity contribution in [1.82, 2.24) is 9.55 Å². The SMILES string of the molecule is Cc1sc2nc(SCC(=O)Nc3ccccc3I)n(C)c(=O)c2c1C. The van der Waals surface area contributed by atoms with E-state index in [0.717, 1.165) is 24.5 Å². The molecular weight excluding hydrogens is 469 g/mol. The molecule has 0 bridgehead atoms. The van der Waals surface area contributed by atoms with Crippen LogP contribution < -0.4 is 10.9 Å². The van der Waals surface area contributed by atoms with E-state index in [1.807, 2.05) is 38.1 Å². The van der Waals surface area contributed by atoms with Gasteiger partial charge in [0.15, 0.2) is 5.16 Å². The van der Waals surface area contributed by atoms with Crippen LogP contribution in [-0.2, 0) is 11.8 Å². The number of thiophene rings is 1. The molecule has 3 aromatic rings. The molecule has 0 aliphatic carbocycles. The molecule has 0 unspecified atom stereocenters. The van der Waals surface area contributed by atoms with Gasteiger partial charge in [-0.25, -0.2) is 4.98 Å². The van der Waals surface area contributed by atoms with Crippen LogP contribution in [-0.4, -0.2) is 21.2 Å². The van der Waals surface area contributed by atoms with E-state index in [1.165, 1.54) is 27.7 Å². The van der Waals surface area contributed by atoms with Crippen LogP contribution >= 0.6 is 45.7 Å². The number of thioether (sulfide) groups is 1. The van der Waals surface area contributed by atoms with E-state index in [0.29, 0.717) is 10.5 Å². The molecule has 1 aromatic carbocycles. The van der Waals surface area contributed by atoms with Crippen molar-refractivity contribution in [3.63, 3.8) is 0 Å². The third-order valence-corrected chi connectivity index (χ3v) is 6.92. The van der Waals surface area contributed by atoms with Crippen molar-refractivity contribution in [2.24, 2.45) is 7.05 Å². The Labute approximate surface area is 167 Å². The highest BCUT2D eigenvalue weighted by Gasteiger charge is 2.16. The van der Waals surface area contributed by atoms with Gasteiger partial charge in [-0.1, -0.05) is 23.9 Å². The minimum absolute atomic E-state index is 0.0626. The molecule has 0 fully saturated rings. The van der Waals surface area contributed by atoms with Crippen molar-refractivity contribution >= 4 is 67.5 Å². The van der Waals surface area contributed by atoms with Gasteiger partial charge in [0.2, 0.25) is 5.91 Å². The van der Waals surface area contributed by atoms with Crippen LogP contribution in [0.25, 0.3) is 10.2 Å². The fourth-order valence-corrected chi connectivity index (χ4v) is 4.73. The number of nitrogens with zero attached hydrogens (tertiary/aromatic N) is 2. The van der Waals surface area contributed by atoms with Crippen LogP contribution in [0, 0.1) is 17.4 Å². The van der Waals surface area contributed by atoms with Crippen molar-refractivity contribution < 1.29 is 4.79 Å². The Morgan fingerprint density at radius 2 is 2.08 bits per heavy atom. The fourth-order valence-electron chi connectivity index (χ4n) is 2.36. The average Bonchev–Trinajstić information content (AvgIpc) is 2.86. The largest absolute Gasteiger partial charge is 0.324 e. The normalized spacial score (nSPS) is 11.0. The molecule has 0 radical (unpaired) electrons. The number of benzene rings is 1. The molecule has 0 aliphatic heterocycles. The quantitative estimate of drug-likeness (QED) is 0.346. The summed E-state index contributed by atoms with van der Waals surface area (Å²) < 4.78 is 2.50. The Morgan fingerprint density at radius 1 is 1.36 bits per heavy atom. The van der Waals surface area contributed by atoms with Gasteiger partial charge in [-0.05, 0) is 54.1 Å². The lowest BCUT2D eigenvalue weighted by atomic mass is 10.2. The second-order valence-electron chi connectivity index (χ2n) is 5.54. The number of aryl methyl sites for hydroxylation is 2. The van der Waals surface area contributed by atoms with Gasteiger partial charge in [0.25, 0.3) is 5.56 Å². The van der Waals surface area contributed by atoms with Crippen molar-refractivity contribution in [2.75, 3.05) is 11.1 Å². The number of hydrogen-bond donors (Lipinski definition) is 1.